The van der Waals surface area contributed by atoms with Crippen LogP contribution in [0.3, 0.4) is 0 Å². The smallest absolute Gasteiger partial charge is 0.338 e. The summed E-state index contributed by atoms with van der Waals surface area (Å²) < 4.78 is 40.4. The molecule has 0 unspecified atom stereocenters. The SMILES string of the molecule is CCOC(=O)c1ccc(-n2c(C)cc(/C=N\NC(=O)c3cccc(S(=O)(=O)Nc4ccc(OC)cc4)c3)c2C)cc1. The highest BCUT2D eigenvalue weighted by Gasteiger charge is 2.17. The predicted octanol–water partition coefficient (Wildman–Crippen LogP) is 4.84. The van der Waals surface area contributed by atoms with Crippen LogP contribution >= 0.6 is 0 Å². The molecule has 0 aliphatic heterocycles. The van der Waals surface area contributed by atoms with E-state index in [2.05, 4.69) is 15.2 Å². The number of sulfonamides is 1. The number of aryl methyl sites for hydroxylation is 1. The summed E-state index contributed by atoms with van der Waals surface area (Å²) >= 11 is 0. The van der Waals surface area contributed by atoms with Crippen molar-refractivity contribution in [3.8, 4) is 11.4 Å². The van der Waals surface area contributed by atoms with Crippen LogP contribution in [0.2, 0.25) is 0 Å². The Labute approximate surface area is 238 Å². The van der Waals surface area contributed by atoms with Crippen molar-refractivity contribution in [2.45, 2.75) is 25.7 Å². The number of nitrogens with one attached hydrogen (secondary N) is 2. The number of aromatic nitrogens is 1. The van der Waals surface area contributed by atoms with Gasteiger partial charge in [0.05, 0.1) is 30.4 Å². The molecule has 0 aliphatic rings. The van der Waals surface area contributed by atoms with E-state index in [-0.39, 0.29) is 16.4 Å². The summed E-state index contributed by atoms with van der Waals surface area (Å²) in [6.45, 7) is 5.92. The molecular weight excluding hydrogens is 544 g/mol. The molecule has 4 aromatic rings. The van der Waals surface area contributed by atoms with E-state index in [4.69, 9.17) is 9.47 Å². The maximum atomic E-state index is 12.9. The fourth-order valence-electron chi connectivity index (χ4n) is 4.18. The average molecular weight is 575 g/mol. The fraction of sp³-hybridized carbons (Fsp3) is 0.167. The lowest BCUT2D eigenvalue weighted by Gasteiger charge is -2.10. The van der Waals surface area contributed by atoms with E-state index in [1.807, 2.05) is 36.6 Å². The van der Waals surface area contributed by atoms with Gasteiger partial charge >= 0.3 is 5.97 Å². The minimum Gasteiger partial charge on any atom is -0.497 e. The Morgan fingerprint density at radius 1 is 0.951 bits per heavy atom. The molecule has 2 N–H and O–H groups in total. The molecule has 1 amide bonds. The first-order valence-electron chi connectivity index (χ1n) is 12.7. The lowest BCUT2D eigenvalue weighted by atomic mass is 10.2. The monoisotopic (exact) mass is 574 g/mol. The Kier molecular flexibility index (Phi) is 8.88. The number of carbonyl (C=O) groups excluding carboxylic acids is 2. The molecule has 4 rings (SSSR count). The first-order chi connectivity index (χ1) is 19.6. The highest BCUT2D eigenvalue weighted by Crippen LogP contribution is 2.22. The van der Waals surface area contributed by atoms with Crippen LogP contribution in [0.1, 0.15) is 44.6 Å². The van der Waals surface area contributed by atoms with Crippen molar-refractivity contribution in [1.29, 1.82) is 0 Å². The number of rotatable bonds is 10. The zero-order chi connectivity index (χ0) is 29.6. The van der Waals surface area contributed by atoms with Crippen molar-refractivity contribution in [3.63, 3.8) is 0 Å². The van der Waals surface area contributed by atoms with E-state index < -0.39 is 15.9 Å². The second kappa shape index (κ2) is 12.5. The van der Waals surface area contributed by atoms with Crippen LogP contribution in [0.15, 0.2) is 88.9 Å². The Balaban J connectivity index is 1.45. The molecule has 0 atom stereocenters. The molecule has 10 nitrogen and oxygen atoms in total. The third-order valence-corrected chi connectivity index (χ3v) is 7.60. The average Bonchev–Trinajstić information content (AvgIpc) is 3.25. The van der Waals surface area contributed by atoms with E-state index in [0.717, 1.165) is 22.6 Å². The number of hydrogen-bond donors (Lipinski definition) is 2. The third kappa shape index (κ3) is 6.82. The number of carbonyl (C=O) groups is 2. The molecule has 0 saturated heterocycles. The zero-order valence-electron chi connectivity index (χ0n) is 23.0. The van der Waals surface area contributed by atoms with Gasteiger partial charge in [0.1, 0.15) is 5.75 Å². The molecule has 1 heterocycles. The summed E-state index contributed by atoms with van der Waals surface area (Å²) in [5, 5.41) is 4.08. The van der Waals surface area contributed by atoms with E-state index in [0.29, 0.717) is 23.6 Å². The minimum atomic E-state index is -3.93. The molecule has 0 spiro atoms. The van der Waals surface area contributed by atoms with E-state index in [9.17, 15) is 18.0 Å². The van der Waals surface area contributed by atoms with Gasteiger partial charge in [0.2, 0.25) is 0 Å². The summed E-state index contributed by atoms with van der Waals surface area (Å²) in [7, 11) is -2.41. The van der Waals surface area contributed by atoms with Crippen LogP contribution in [0.25, 0.3) is 5.69 Å². The molecule has 3 aromatic carbocycles. The van der Waals surface area contributed by atoms with Crippen molar-refractivity contribution in [2.24, 2.45) is 5.10 Å². The maximum Gasteiger partial charge on any atom is 0.338 e. The molecule has 41 heavy (non-hydrogen) atoms. The number of amides is 1. The fourth-order valence-corrected chi connectivity index (χ4v) is 5.28. The van der Waals surface area contributed by atoms with E-state index in [1.54, 1.807) is 43.3 Å². The van der Waals surface area contributed by atoms with Crippen molar-refractivity contribution in [3.05, 3.63) is 107 Å². The third-order valence-electron chi connectivity index (χ3n) is 6.23. The van der Waals surface area contributed by atoms with Gasteiger partial charge in [-0.2, -0.15) is 5.10 Å². The van der Waals surface area contributed by atoms with E-state index >= 15 is 0 Å². The summed E-state index contributed by atoms with van der Waals surface area (Å²) in [5.74, 6) is -0.343. The minimum absolute atomic E-state index is 0.0672. The van der Waals surface area contributed by atoms with Crippen LogP contribution in [0.5, 0.6) is 5.75 Å². The molecule has 1 aromatic heterocycles. The Morgan fingerprint density at radius 2 is 1.66 bits per heavy atom. The molecule has 0 radical (unpaired) electrons. The first-order valence-corrected chi connectivity index (χ1v) is 14.2. The predicted molar refractivity (Wildman–Crippen MR) is 157 cm³/mol. The van der Waals surface area contributed by atoms with Crippen molar-refractivity contribution in [2.75, 3.05) is 18.4 Å². The van der Waals surface area contributed by atoms with Crippen LogP contribution in [0, 0.1) is 13.8 Å². The molecule has 0 aliphatic carbocycles. The summed E-state index contributed by atoms with van der Waals surface area (Å²) in [5.41, 5.74) is 6.86. The van der Waals surface area contributed by atoms with Gasteiger partial charge in [-0.05, 0) is 93.6 Å². The van der Waals surface area contributed by atoms with Gasteiger partial charge in [0.25, 0.3) is 15.9 Å². The van der Waals surface area contributed by atoms with Gasteiger partial charge in [-0.1, -0.05) is 6.07 Å². The van der Waals surface area contributed by atoms with Crippen molar-refractivity contribution in [1.82, 2.24) is 9.99 Å². The van der Waals surface area contributed by atoms with Gasteiger partial charge in [-0.15, -0.1) is 0 Å². The van der Waals surface area contributed by atoms with Gasteiger partial charge in [-0.25, -0.2) is 18.6 Å². The molecule has 0 fully saturated rings. The summed E-state index contributed by atoms with van der Waals surface area (Å²) in [4.78, 5) is 24.6. The number of esters is 1. The normalized spacial score (nSPS) is 11.3. The number of anilines is 1. The quantitative estimate of drug-likeness (QED) is 0.158. The van der Waals surface area contributed by atoms with Crippen molar-refractivity contribution < 1.29 is 27.5 Å². The zero-order valence-corrected chi connectivity index (χ0v) is 23.9. The lowest BCUT2D eigenvalue weighted by Crippen LogP contribution is -2.19. The van der Waals surface area contributed by atoms with Gasteiger partial charge in [0.15, 0.2) is 0 Å². The maximum absolute atomic E-state index is 12.9. The number of nitrogens with zero attached hydrogens (tertiary/aromatic N) is 2. The number of hydrogen-bond acceptors (Lipinski definition) is 7. The molecule has 0 saturated carbocycles. The highest BCUT2D eigenvalue weighted by atomic mass is 32.2. The van der Waals surface area contributed by atoms with Crippen LogP contribution in [0.4, 0.5) is 5.69 Å². The first kappa shape index (κ1) is 29.1. The summed E-state index contributed by atoms with van der Waals surface area (Å²) in [6.07, 6.45) is 1.52. The van der Waals surface area contributed by atoms with Gasteiger partial charge < -0.3 is 14.0 Å². The molecule has 212 valence electrons. The van der Waals surface area contributed by atoms with Crippen LogP contribution < -0.4 is 14.9 Å². The van der Waals surface area contributed by atoms with Gasteiger partial charge in [-0.3, -0.25) is 9.52 Å². The lowest BCUT2D eigenvalue weighted by molar-refractivity contribution is 0.0526. The number of ether oxygens (including phenoxy) is 2. The van der Waals surface area contributed by atoms with Crippen LogP contribution in [-0.4, -0.2) is 44.8 Å². The van der Waals surface area contributed by atoms with E-state index in [1.165, 1.54) is 37.6 Å². The summed E-state index contributed by atoms with van der Waals surface area (Å²) in [6, 6.07) is 21.1. The Hall–Kier alpha value is -4.90. The van der Waals surface area contributed by atoms with Crippen molar-refractivity contribution >= 4 is 33.8 Å². The standard InChI is InChI=1S/C30H30N4O6S/c1-5-40-30(36)22-9-13-26(14-10-22)34-20(2)17-24(21(34)3)19-31-32-29(35)23-7-6-8-28(18-23)41(37,38)33-25-11-15-27(39-4)16-12-25/h6-19,33H,5H2,1-4H3,(H,32,35)/b31-19-. The second-order valence-corrected chi connectivity index (χ2v) is 10.7. The highest BCUT2D eigenvalue weighted by molar-refractivity contribution is 7.92. The van der Waals surface area contributed by atoms with Crippen LogP contribution in [-0.2, 0) is 14.8 Å². The molecule has 11 heteroatoms. The van der Waals surface area contributed by atoms with Gasteiger partial charge in [0, 0.05) is 33.9 Å². The number of methoxy groups -OCH3 is 1. The number of hydrazone groups is 1. The Morgan fingerprint density at radius 3 is 2.32 bits per heavy atom. The molecular formula is C30H30N4O6S. The second-order valence-electron chi connectivity index (χ2n) is 8.99. The topological polar surface area (TPSA) is 128 Å². The molecule has 0 bridgehead atoms. The Bertz CT molecular complexity index is 1690. The number of benzene rings is 3. The largest absolute Gasteiger partial charge is 0.497 e.